The smallest absolute Gasteiger partial charge is 0.333 e. The summed E-state index contributed by atoms with van der Waals surface area (Å²) in [7, 11) is 1.55. The van der Waals surface area contributed by atoms with Crippen LogP contribution in [0.5, 0.6) is 0 Å². The third-order valence-corrected chi connectivity index (χ3v) is 2.35. The van der Waals surface area contributed by atoms with Crippen LogP contribution in [0.1, 0.15) is 6.92 Å². The highest BCUT2D eigenvalue weighted by Crippen LogP contribution is 2.20. The normalized spacial score (nSPS) is 19.4. The molecule has 0 fully saturated rings. The van der Waals surface area contributed by atoms with Crippen LogP contribution in [0.15, 0.2) is 11.6 Å². The van der Waals surface area contributed by atoms with E-state index in [1.54, 1.807) is 7.11 Å². The Morgan fingerprint density at radius 2 is 2.20 bits per heavy atom. The molecule has 0 aromatic heterocycles. The molecule has 0 amide bonds. The number of cyclic esters (lactones) is 1. The number of methoxy groups -OCH3 is 1. The van der Waals surface area contributed by atoms with E-state index >= 15 is 0 Å². The van der Waals surface area contributed by atoms with Crippen molar-refractivity contribution in [2.45, 2.75) is 19.3 Å². The van der Waals surface area contributed by atoms with E-state index in [9.17, 15) is 14.7 Å². The second-order valence-electron chi connectivity index (χ2n) is 3.92. The van der Waals surface area contributed by atoms with Crippen LogP contribution in [-0.4, -0.2) is 63.2 Å². The molecule has 0 bridgehead atoms. The summed E-state index contributed by atoms with van der Waals surface area (Å²) in [6.45, 7) is 1.92. The third kappa shape index (κ3) is 5.66. The lowest BCUT2D eigenvalue weighted by molar-refractivity contribution is -0.157. The van der Waals surface area contributed by atoms with Crippen LogP contribution in [-0.2, 0) is 33.3 Å². The van der Waals surface area contributed by atoms with Crippen molar-refractivity contribution in [1.29, 1.82) is 0 Å². The summed E-state index contributed by atoms with van der Waals surface area (Å²) in [6, 6.07) is 0. The van der Waals surface area contributed by atoms with Crippen LogP contribution in [0.25, 0.3) is 0 Å². The van der Waals surface area contributed by atoms with Gasteiger partial charge in [-0.25, -0.2) is 4.79 Å². The van der Waals surface area contributed by atoms with E-state index < -0.39 is 24.3 Å². The second kappa shape index (κ2) is 8.64. The van der Waals surface area contributed by atoms with Gasteiger partial charge in [0.25, 0.3) is 0 Å². The Morgan fingerprint density at radius 3 is 2.75 bits per heavy atom. The molecule has 1 heterocycles. The molecule has 20 heavy (non-hydrogen) atoms. The molecule has 0 aromatic carbocycles. The molecule has 0 spiro atoms. The fraction of sp³-hybridized carbons (Fsp3) is 0.667. The molecule has 8 heteroatoms. The van der Waals surface area contributed by atoms with Gasteiger partial charge in [0.15, 0.2) is 6.10 Å². The molecule has 1 rings (SSSR count). The number of rotatable bonds is 9. The van der Waals surface area contributed by atoms with Gasteiger partial charge < -0.3 is 28.8 Å². The van der Waals surface area contributed by atoms with Gasteiger partial charge >= 0.3 is 11.9 Å². The molecule has 0 saturated carbocycles. The van der Waals surface area contributed by atoms with E-state index in [0.717, 1.165) is 6.08 Å². The van der Waals surface area contributed by atoms with Gasteiger partial charge in [-0.2, -0.15) is 0 Å². The summed E-state index contributed by atoms with van der Waals surface area (Å²) in [5.41, 5.74) is 0.141. The lowest BCUT2D eigenvalue weighted by Crippen LogP contribution is -2.30. The quantitative estimate of drug-likeness (QED) is 0.340. The van der Waals surface area contributed by atoms with Crippen LogP contribution >= 0.6 is 0 Å². The average molecular weight is 290 g/mol. The summed E-state index contributed by atoms with van der Waals surface area (Å²) >= 11 is 0. The van der Waals surface area contributed by atoms with Crippen LogP contribution in [0.3, 0.4) is 0 Å². The minimum atomic E-state index is -1.43. The van der Waals surface area contributed by atoms with Crippen molar-refractivity contribution in [3.63, 3.8) is 0 Å². The van der Waals surface area contributed by atoms with Crippen molar-refractivity contribution in [3.05, 3.63) is 11.6 Å². The highest BCUT2D eigenvalue weighted by molar-refractivity contribution is 5.86. The van der Waals surface area contributed by atoms with Gasteiger partial charge in [0.1, 0.15) is 6.79 Å². The van der Waals surface area contributed by atoms with E-state index in [2.05, 4.69) is 4.74 Å². The van der Waals surface area contributed by atoms with E-state index in [4.69, 9.17) is 18.9 Å². The molecule has 114 valence electrons. The largest absolute Gasteiger partial charge is 0.455 e. The molecule has 0 aromatic rings. The zero-order valence-electron chi connectivity index (χ0n) is 11.4. The summed E-state index contributed by atoms with van der Waals surface area (Å²) in [5.74, 6) is -1.26. The van der Waals surface area contributed by atoms with Gasteiger partial charge in [-0.05, 0) is 0 Å². The first-order chi connectivity index (χ1) is 9.54. The Hall–Kier alpha value is -1.48. The van der Waals surface area contributed by atoms with Crippen LogP contribution in [0.4, 0.5) is 0 Å². The topological polar surface area (TPSA) is 101 Å². The Labute approximate surface area is 116 Å². The van der Waals surface area contributed by atoms with Crippen LogP contribution in [0.2, 0.25) is 0 Å². The molecule has 2 atom stereocenters. The third-order valence-electron chi connectivity index (χ3n) is 2.35. The maximum Gasteiger partial charge on any atom is 0.333 e. The Kier molecular flexibility index (Phi) is 7.16. The maximum absolute atomic E-state index is 11.0. The molecule has 2 unspecified atom stereocenters. The lowest BCUT2D eigenvalue weighted by atomic mass is 10.1. The van der Waals surface area contributed by atoms with E-state index in [0.29, 0.717) is 13.2 Å². The second-order valence-corrected chi connectivity index (χ2v) is 3.92. The molecular formula is C12H18O8. The van der Waals surface area contributed by atoms with Crippen molar-refractivity contribution in [2.24, 2.45) is 0 Å². The number of hydrogen-bond acceptors (Lipinski definition) is 8. The van der Waals surface area contributed by atoms with Crippen molar-refractivity contribution >= 4 is 11.9 Å². The highest BCUT2D eigenvalue weighted by atomic mass is 16.7. The average Bonchev–Trinajstić information content (AvgIpc) is 2.71. The summed E-state index contributed by atoms with van der Waals surface area (Å²) in [6.07, 6.45) is -1.25. The first-order valence-corrected chi connectivity index (χ1v) is 5.96. The summed E-state index contributed by atoms with van der Waals surface area (Å²) < 4.78 is 24.5. The van der Waals surface area contributed by atoms with Gasteiger partial charge in [0.2, 0.25) is 6.29 Å². The molecule has 0 radical (unpaired) electrons. The van der Waals surface area contributed by atoms with Gasteiger partial charge in [-0.1, -0.05) is 0 Å². The molecule has 1 N–H and O–H groups in total. The molecule has 1 aliphatic heterocycles. The van der Waals surface area contributed by atoms with Crippen molar-refractivity contribution in [2.75, 3.05) is 33.7 Å². The SMILES string of the molecule is COCCOCOCC(OC(C)=O)C1=CC(=O)OC1O. The fourth-order valence-corrected chi connectivity index (χ4v) is 1.49. The Bertz CT molecular complexity index is 364. The van der Waals surface area contributed by atoms with Crippen LogP contribution in [0, 0.1) is 0 Å². The minimum absolute atomic E-state index is 0.0285. The first-order valence-electron chi connectivity index (χ1n) is 5.96. The van der Waals surface area contributed by atoms with Crippen LogP contribution < -0.4 is 0 Å². The first kappa shape index (κ1) is 16.6. The number of aliphatic hydroxyl groups is 1. The minimum Gasteiger partial charge on any atom is -0.455 e. The number of hydrogen-bond donors (Lipinski definition) is 1. The molecular weight excluding hydrogens is 272 g/mol. The maximum atomic E-state index is 11.0. The Morgan fingerprint density at radius 1 is 1.45 bits per heavy atom. The van der Waals surface area contributed by atoms with Gasteiger partial charge in [-0.15, -0.1) is 0 Å². The van der Waals surface area contributed by atoms with Crippen molar-refractivity contribution < 1.29 is 38.4 Å². The molecule has 1 aliphatic rings. The number of esters is 2. The standard InChI is InChI=1S/C12H18O8/c1-8(13)19-10(6-18-7-17-4-3-16-2)9-5-11(14)20-12(9)15/h5,10,12,15H,3-4,6-7H2,1-2H3. The predicted octanol–water partition coefficient (Wildman–Crippen LogP) is -0.643. The van der Waals surface area contributed by atoms with E-state index in [1.807, 2.05) is 0 Å². The number of ether oxygens (including phenoxy) is 5. The highest BCUT2D eigenvalue weighted by Gasteiger charge is 2.32. The van der Waals surface area contributed by atoms with E-state index in [-0.39, 0.29) is 19.0 Å². The van der Waals surface area contributed by atoms with E-state index in [1.165, 1.54) is 6.92 Å². The Balaban J connectivity index is 2.43. The number of carbonyl (C=O) groups is 2. The zero-order chi connectivity index (χ0) is 15.0. The number of carbonyl (C=O) groups excluding carboxylic acids is 2. The van der Waals surface area contributed by atoms with Gasteiger partial charge in [0, 0.05) is 25.7 Å². The van der Waals surface area contributed by atoms with Gasteiger partial charge in [-0.3, -0.25) is 4.79 Å². The molecule has 8 nitrogen and oxygen atoms in total. The predicted molar refractivity (Wildman–Crippen MR) is 64.4 cm³/mol. The molecule has 0 aliphatic carbocycles. The lowest BCUT2D eigenvalue weighted by Gasteiger charge is -2.19. The number of aliphatic hydroxyl groups excluding tert-OH is 1. The summed E-state index contributed by atoms with van der Waals surface area (Å²) in [5, 5.41) is 9.51. The molecule has 0 saturated heterocycles. The zero-order valence-corrected chi connectivity index (χ0v) is 11.4. The van der Waals surface area contributed by atoms with Gasteiger partial charge in [0.05, 0.1) is 19.8 Å². The monoisotopic (exact) mass is 290 g/mol. The summed E-state index contributed by atoms with van der Waals surface area (Å²) in [4.78, 5) is 22.0. The van der Waals surface area contributed by atoms with Crippen molar-refractivity contribution in [3.8, 4) is 0 Å². The fourth-order valence-electron chi connectivity index (χ4n) is 1.49. The van der Waals surface area contributed by atoms with Crippen molar-refractivity contribution in [1.82, 2.24) is 0 Å².